The van der Waals surface area contributed by atoms with Crippen molar-refractivity contribution in [3.63, 3.8) is 0 Å². The predicted molar refractivity (Wildman–Crippen MR) is 123 cm³/mol. The van der Waals surface area contributed by atoms with Crippen molar-refractivity contribution in [2.75, 3.05) is 25.5 Å². The molecule has 3 heterocycles. The molecule has 32 heavy (non-hydrogen) atoms. The summed E-state index contributed by atoms with van der Waals surface area (Å²) in [4.78, 5) is 34.9. The van der Waals surface area contributed by atoms with Crippen LogP contribution < -0.4 is 10.1 Å². The standard InChI is InChI=1S/C23H27ClN4O4/c1-23(2,3)32-22(30)28-9-5-6-16(14-28)15-7-8-17(25-12-15)10-21(29)27-20-11-19(31-4)18(24)13-26-20/h6-8,11-13H,5,9-10,14H2,1-4H3,(H,26,27,29). The Hall–Kier alpha value is -3.13. The van der Waals surface area contributed by atoms with Gasteiger partial charge in [-0.05, 0) is 44.4 Å². The Morgan fingerprint density at radius 3 is 2.66 bits per heavy atom. The van der Waals surface area contributed by atoms with E-state index in [9.17, 15) is 9.59 Å². The largest absolute Gasteiger partial charge is 0.495 e. The highest BCUT2D eigenvalue weighted by Gasteiger charge is 2.24. The number of hydrogen-bond acceptors (Lipinski definition) is 6. The van der Waals surface area contributed by atoms with E-state index >= 15 is 0 Å². The molecule has 1 N–H and O–H groups in total. The monoisotopic (exact) mass is 458 g/mol. The number of nitrogens with one attached hydrogen (secondary N) is 1. The second-order valence-electron chi connectivity index (χ2n) is 8.39. The fourth-order valence-corrected chi connectivity index (χ4v) is 3.33. The normalized spacial score (nSPS) is 13.9. The number of anilines is 1. The molecule has 170 valence electrons. The summed E-state index contributed by atoms with van der Waals surface area (Å²) in [5.41, 5.74) is 2.00. The van der Waals surface area contributed by atoms with E-state index in [1.165, 1.54) is 13.3 Å². The summed E-state index contributed by atoms with van der Waals surface area (Å²) in [6.07, 6.45) is 5.76. The van der Waals surface area contributed by atoms with Crippen molar-refractivity contribution in [3.05, 3.63) is 52.9 Å². The van der Waals surface area contributed by atoms with Crippen molar-refractivity contribution in [1.29, 1.82) is 0 Å². The van der Waals surface area contributed by atoms with Crippen LogP contribution in [0.1, 0.15) is 38.4 Å². The molecule has 0 spiro atoms. The van der Waals surface area contributed by atoms with Gasteiger partial charge in [-0.25, -0.2) is 9.78 Å². The molecule has 0 aliphatic carbocycles. The molecule has 3 rings (SSSR count). The number of rotatable bonds is 5. The first-order valence-corrected chi connectivity index (χ1v) is 10.6. The van der Waals surface area contributed by atoms with Gasteiger partial charge in [-0.3, -0.25) is 9.78 Å². The van der Waals surface area contributed by atoms with E-state index in [4.69, 9.17) is 21.1 Å². The third-order valence-corrected chi connectivity index (χ3v) is 4.93. The van der Waals surface area contributed by atoms with Crippen LogP contribution in [0.5, 0.6) is 5.75 Å². The maximum Gasteiger partial charge on any atom is 0.410 e. The van der Waals surface area contributed by atoms with E-state index in [2.05, 4.69) is 21.4 Å². The van der Waals surface area contributed by atoms with E-state index < -0.39 is 5.60 Å². The van der Waals surface area contributed by atoms with Gasteiger partial charge in [-0.1, -0.05) is 23.7 Å². The number of ether oxygens (including phenoxy) is 2. The molecule has 2 amide bonds. The molecule has 0 fully saturated rings. The van der Waals surface area contributed by atoms with E-state index in [1.807, 2.05) is 26.8 Å². The van der Waals surface area contributed by atoms with Crippen LogP contribution in [0.4, 0.5) is 10.6 Å². The van der Waals surface area contributed by atoms with Gasteiger partial charge in [-0.15, -0.1) is 0 Å². The van der Waals surface area contributed by atoms with Gasteiger partial charge in [0, 0.05) is 31.0 Å². The van der Waals surface area contributed by atoms with E-state index in [1.54, 1.807) is 23.2 Å². The molecule has 0 bridgehead atoms. The van der Waals surface area contributed by atoms with Crippen molar-refractivity contribution in [2.45, 2.75) is 39.2 Å². The molecule has 0 saturated carbocycles. The van der Waals surface area contributed by atoms with Gasteiger partial charge in [0.05, 0.1) is 19.7 Å². The molecule has 0 radical (unpaired) electrons. The Labute approximate surface area is 192 Å². The predicted octanol–water partition coefficient (Wildman–Crippen LogP) is 4.34. The number of nitrogens with zero attached hydrogens (tertiary/aromatic N) is 3. The van der Waals surface area contributed by atoms with Gasteiger partial charge in [0.15, 0.2) is 0 Å². The zero-order chi connectivity index (χ0) is 23.3. The molecule has 0 atom stereocenters. The SMILES string of the molecule is COc1cc(NC(=O)Cc2ccc(C3=CCCN(C(=O)OC(C)(C)C)C3)cn2)ncc1Cl. The zero-order valence-corrected chi connectivity index (χ0v) is 19.4. The number of methoxy groups -OCH3 is 1. The van der Waals surface area contributed by atoms with Crippen LogP contribution >= 0.6 is 11.6 Å². The van der Waals surface area contributed by atoms with Gasteiger partial charge >= 0.3 is 6.09 Å². The molecule has 9 heteroatoms. The minimum atomic E-state index is -0.533. The lowest BCUT2D eigenvalue weighted by atomic mass is 10.0. The zero-order valence-electron chi connectivity index (χ0n) is 18.6. The molecular formula is C23H27ClN4O4. The third-order valence-electron chi connectivity index (χ3n) is 4.65. The lowest BCUT2D eigenvalue weighted by molar-refractivity contribution is -0.115. The maximum absolute atomic E-state index is 12.4. The van der Waals surface area contributed by atoms with Crippen LogP contribution in [0.15, 0.2) is 36.7 Å². The minimum Gasteiger partial charge on any atom is -0.495 e. The molecule has 2 aromatic rings. The highest BCUT2D eigenvalue weighted by Crippen LogP contribution is 2.25. The molecule has 0 aromatic carbocycles. The van der Waals surface area contributed by atoms with Gasteiger partial charge in [0.1, 0.15) is 22.2 Å². The summed E-state index contributed by atoms with van der Waals surface area (Å²) in [7, 11) is 1.49. The van der Waals surface area contributed by atoms with Gasteiger partial charge in [0.25, 0.3) is 0 Å². The Kier molecular flexibility index (Phi) is 7.35. The molecule has 0 unspecified atom stereocenters. The molecule has 1 aliphatic heterocycles. The molecular weight excluding hydrogens is 432 g/mol. The van der Waals surface area contributed by atoms with Crippen molar-refractivity contribution < 1.29 is 19.1 Å². The number of aromatic nitrogens is 2. The topological polar surface area (TPSA) is 93.7 Å². The van der Waals surface area contributed by atoms with Gasteiger partial charge < -0.3 is 19.7 Å². The quantitative estimate of drug-likeness (QED) is 0.716. The number of halogens is 1. The number of amides is 2. The first-order valence-electron chi connectivity index (χ1n) is 10.3. The number of hydrogen-bond donors (Lipinski definition) is 1. The van der Waals surface area contributed by atoms with E-state index in [0.29, 0.717) is 35.4 Å². The summed E-state index contributed by atoms with van der Waals surface area (Å²) in [5.74, 6) is 0.526. The van der Waals surface area contributed by atoms with Crippen molar-refractivity contribution in [3.8, 4) is 5.75 Å². The molecule has 0 saturated heterocycles. The second kappa shape index (κ2) is 9.99. The lowest BCUT2D eigenvalue weighted by Gasteiger charge is -2.30. The number of carbonyl (C=O) groups excluding carboxylic acids is 2. The van der Waals surface area contributed by atoms with Crippen LogP contribution in [-0.4, -0.2) is 52.7 Å². The second-order valence-corrected chi connectivity index (χ2v) is 8.79. The van der Waals surface area contributed by atoms with Crippen molar-refractivity contribution >= 4 is 35.0 Å². The number of pyridine rings is 2. The Balaban J connectivity index is 1.59. The molecule has 8 nitrogen and oxygen atoms in total. The smallest absolute Gasteiger partial charge is 0.410 e. The average molecular weight is 459 g/mol. The summed E-state index contributed by atoms with van der Waals surface area (Å²) in [5, 5.41) is 3.07. The first-order chi connectivity index (χ1) is 15.1. The summed E-state index contributed by atoms with van der Waals surface area (Å²) in [6, 6.07) is 5.27. The van der Waals surface area contributed by atoms with Crippen LogP contribution in [0.25, 0.3) is 5.57 Å². The number of carbonyl (C=O) groups is 2. The fourth-order valence-electron chi connectivity index (χ4n) is 3.15. The molecule has 1 aliphatic rings. The first kappa shape index (κ1) is 23.5. The van der Waals surface area contributed by atoms with E-state index in [0.717, 1.165) is 17.6 Å². The fraction of sp³-hybridized carbons (Fsp3) is 0.391. The highest BCUT2D eigenvalue weighted by atomic mass is 35.5. The van der Waals surface area contributed by atoms with Crippen molar-refractivity contribution in [2.24, 2.45) is 0 Å². The van der Waals surface area contributed by atoms with Gasteiger partial charge in [0.2, 0.25) is 5.91 Å². The Morgan fingerprint density at radius 1 is 1.22 bits per heavy atom. The third kappa shape index (κ3) is 6.43. The minimum absolute atomic E-state index is 0.0932. The van der Waals surface area contributed by atoms with Crippen LogP contribution in [0.2, 0.25) is 5.02 Å². The summed E-state index contributed by atoms with van der Waals surface area (Å²) >= 11 is 5.95. The van der Waals surface area contributed by atoms with E-state index in [-0.39, 0.29) is 18.4 Å². The Bertz CT molecular complexity index is 1020. The van der Waals surface area contributed by atoms with Crippen molar-refractivity contribution in [1.82, 2.24) is 14.9 Å². The lowest BCUT2D eigenvalue weighted by Crippen LogP contribution is -2.39. The average Bonchev–Trinajstić information content (AvgIpc) is 2.74. The summed E-state index contributed by atoms with van der Waals surface area (Å²) in [6.45, 7) is 6.63. The summed E-state index contributed by atoms with van der Waals surface area (Å²) < 4.78 is 10.6. The highest BCUT2D eigenvalue weighted by molar-refractivity contribution is 6.32. The Morgan fingerprint density at radius 2 is 2.00 bits per heavy atom. The van der Waals surface area contributed by atoms with Crippen LogP contribution in [0.3, 0.4) is 0 Å². The van der Waals surface area contributed by atoms with Crippen LogP contribution in [0, 0.1) is 0 Å². The van der Waals surface area contributed by atoms with Gasteiger partial charge in [-0.2, -0.15) is 0 Å². The van der Waals surface area contributed by atoms with Crippen LogP contribution in [-0.2, 0) is 16.0 Å². The molecule has 2 aromatic heterocycles. The maximum atomic E-state index is 12.4.